The van der Waals surface area contributed by atoms with Gasteiger partial charge in [0.25, 0.3) is 5.91 Å². The van der Waals surface area contributed by atoms with Crippen molar-refractivity contribution in [3.05, 3.63) is 42.5 Å². The first-order chi connectivity index (χ1) is 11.7. The number of carbonyl (C=O) groups is 1. The normalized spacial score (nSPS) is 15.2. The summed E-state index contributed by atoms with van der Waals surface area (Å²) in [5, 5.41) is 2.81. The van der Waals surface area contributed by atoms with Crippen LogP contribution in [0.15, 0.2) is 36.8 Å². The number of nitrogens with one attached hydrogen (secondary N) is 1. The van der Waals surface area contributed by atoms with Crippen LogP contribution in [-0.2, 0) is 11.8 Å². The highest BCUT2D eigenvalue weighted by molar-refractivity contribution is 6.02. The molecule has 128 valence electrons. The number of rotatable bonds is 6. The summed E-state index contributed by atoms with van der Waals surface area (Å²) < 4.78 is 12.8. The molecule has 0 unspecified atom stereocenters. The SMILES string of the molecule is Cn1cnc(C(=O)Nc2ccc(OCCN3CCOCC3)cc2)c1. The number of carbonyl (C=O) groups excluding carboxylic acids is 1. The molecule has 0 aliphatic carbocycles. The van der Waals surface area contributed by atoms with Crippen molar-refractivity contribution >= 4 is 11.6 Å². The van der Waals surface area contributed by atoms with Gasteiger partial charge in [-0.1, -0.05) is 0 Å². The van der Waals surface area contributed by atoms with Crippen molar-refractivity contribution in [3.8, 4) is 5.75 Å². The lowest BCUT2D eigenvalue weighted by atomic mass is 10.3. The molecular weight excluding hydrogens is 308 g/mol. The molecule has 1 aliphatic heterocycles. The minimum absolute atomic E-state index is 0.225. The fourth-order valence-electron chi connectivity index (χ4n) is 2.48. The van der Waals surface area contributed by atoms with Crippen LogP contribution >= 0.6 is 0 Å². The molecule has 24 heavy (non-hydrogen) atoms. The maximum absolute atomic E-state index is 12.0. The highest BCUT2D eigenvalue weighted by Gasteiger charge is 2.10. The molecule has 2 heterocycles. The zero-order valence-electron chi connectivity index (χ0n) is 13.8. The van der Waals surface area contributed by atoms with Gasteiger partial charge in [-0.05, 0) is 24.3 Å². The van der Waals surface area contributed by atoms with Crippen LogP contribution in [-0.4, -0.2) is 59.8 Å². The first-order valence-corrected chi connectivity index (χ1v) is 8.03. The fourth-order valence-corrected chi connectivity index (χ4v) is 2.48. The number of ether oxygens (including phenoxy) is 2. The second-order valence-corrected chi connectivity index (χ2v) is 5.71. The van der Waals surface area contributed by atoms with E-state index in [4.69, 9.17) is 9.47 Å². The van der Waals surface area contributed by atoms with Crippen LogP contribution in [0, 0.1) is 0 Å². The van der Waals surface area contributed by atoms with E-state index in [1.807, 2.05) is 31.3 Å². The van der Waals surface area contributed by atoms with Crippen LogP contribution in [0.2, 0.25) is 0 Å². The summed E-state index contributed by atoms with van der Waals surface area (Å²) in [6.07, 6.45) is 3.28. The summed E-state index contributed by atoms with van der Waals surface area (Å²) in [7, 11) is 1.83. The molecule has 1 saturated heterocycles. The van der Waals surface area contributed by atoms with E-state index in [0.717, 1.165) is 38.6 Å². The molecule has 1 fully saturated rings. The zero-order valence-corrected chi connectivity index (χ0v) is 13.8. The molecule has 0 saturated carbocycles. The quantitative estimate of drug-likeness (QED) is 0.867. The maximum atomic E-state index is 12.0. The van der Waals surface area contributed by atoms with Gasteiger partial charge >= 0.3 is 0 Å². The summed E-state index contributed by atoms with van der Waals surface area (Å²) in [6.45, 7) is 5.04. The van der Waals surface area contributed by atoms with E-state index in [1.54, 1.807) is 17.1 Å². The Morgan fingerprint density at radius 3 is 2.71 bits per heavy atom. The highest BCUT2D eigenvalue weighted by atomic mass is 16.5. The van der Waals surface area contributed by atoms with Crippen molar-refractivity contribution in [1.82, 2.24) is 14.5 Å². The van der Waals surface area contributed by atoms with Gasteiger partial charge in [-0.25, -0.2) is 4.98 Å². The Kier molecular flexibility index (Phi) is 5.45. The van der Waals surface area contributed by atoms with Crippen LogP contribution in [0.3, 0.4) is 0 Å². The summed E-state index contributed by atoms with van der Waals surface area (Å²) in [5.74, 6) is 0.565. The minimum Gasteiger partial charge on any atom is -0.492 e. The molecule has 0 atom stereocenters. The third kappa shape index (κ3) is 4.56. The van der Waals surface area contributed by atoms with Crippen molar-refractivity contribution in [2.75, 3.05) is 44.8 Å². The van der Waals surface area contributed by atoms with Crippen LogP contribution in [0.25, 0.3) is 0 Å². The van der Waals surface area contributed by atoms with E-state index in [2.05, 4.69) is 15.2 Å². The minimum atomic E-state index is -0.225. The molecular formula is C17H22N4O3. The van der Waals surface area contributed by atoms with Crippen LogP contribution in [0.1, 0.15) is 10.5 Å². The van der Waals surface area contributed by atoms with Gasteiger partial charge in [0.1, 0.15) is 18.1 Å². The van der Waals surface area contributed by atoms with Gasteiger partial charge in [-0.3, -0.25) is 9.69 Å². The predicted molar refractivity (Wildman–Crippen MR) is 90.4 cm³/mol. The Balaban J connectivity index is 1.45. The molecule has 1 amide bonds. The van der Waals surface area contributed by atoms with E-state index in [9.17, 15) is 4.79 Å². The van der Waals surface area contributed by atoms with Crippen LogP contribution < -0.4 is 10.1 Å². The summed E-state index contributed by atoms with van der Waals surface area (Å²) in [6, 6.07) is 7.36. The number of hydrogen-bond donors (Lipinski definition) is 1. The number of aryl methyl sites for hydroxylation is 1. The van der Waals surface area contributed by atoms with E-state index in [-0.39, 0.29) is 5.91 Å². The van der Waals surface area contributed by atoms with Gasteiger partial charge in [-0.15, -0.1) is 0 Å². The summed E-state index contributed by atoms with van der Waals surface area (Å²) in [5.41, 5.74) is 1.11. The van der Waals surface area contributed by atoms with Crippen molar-refractivity contribution in [2.24, 2.45) is 7.05 Å². The summed E-state index contributed by atoms with van der Waals surface area (Å²) in [4.78, 5) is 18.4. The van der Waals surface area contributed by atoms with Gasteiger partial charge < -0.3 is 19.4 Å². The van der Waals surface area contributed by atoms with Crippen molar-refractivity contribution < 1.29 is 14.3 Å². The third-order valence-electron chi connectivity index (χ3n) is 3.83. The van der Waals surface area contributed by atoms with E-state index < -0.39 is 0 Å². The number of nitrogens with zero attached hydrogens (tertiary/aromatic N) is 3. The second-order valence-electron chi connectivity index (χ2n) is 5.71. The average Bonchev–Trinajstić information content (AvgIpc) is 3.04. The molecule has 0 bridgehead atoms. The molecule has 7 nitrogen and oxygen atoms in total. The van der Waals surface area contributed by atoms with Gasteiger partial charge in [0, 0.05) is 38.6 Å². The van der Waals surface area contributed by atoms with Crippen molar-refractivity contribution in [1.29, 1.82) is 0 Å². The number of imidazole rings is 1. The summed E-state index contributed by atoms with van der Waals surface area (Å²) >= 11 is 0. The molecule has 2 aromatic rings. The molecule has 1 aromatic carbocycles. The Morgan fingerprint density at radius 1 is 1.29 bits per heavy atom. The molecule has 0 radical (unpaired) electrons. The van der Waals surface area contributed by atoms with Crippen molar-refractivity contribution in [3.63, 3.8) is 0 Å². The number of aromatic nitrogens is 2. The molecule has 3 rings (SSSR count). The number of benzene rings is 1. The topological polar surface area (TPSA) is 68.6 Å². The van der Waals surface area contributed by atoms with Gasteiger partial charge in [0.2, 0.25) is 0 Å². The number of amides is 1. The molecule has 1 aromatic heterocycles. The maximum Gasteiger partial charge on any atom is 0.275 e. The Morgan fingerprint density at radius 2 is 2.04 bits per heavy atom. The van der Waals surface area contributed by atoms with Gasteiger partial charge in [-0.2, -0.15) is 0 Å². The lowest BCUT2D eigenvalue weighted by Gasteiger charge is -2.26. The second kappa shape index (κ2) is 7.94. The Labute approximate surface area is 141 Å². The predicted octanol–water partition coefficient (Wildman–Crippen LogP) is 1.38. The first-order valence-electron chi connectivity index (χ1n) is 8.03. The van der Waals surface area contributed by atoms with Crippen molar-refractivity contribution in [2.45, 2.75) is 0 Å². The largest absolute Gasteiger partial charge is 0.492 e. The molecule has 1 N–H and O–H groups in total. The van der Waals surface area contributed by atoms with Crippen LogP contribution in [0.5, 0.6) is 5.75 Å². The average molecular weight is 330 g/mol. The lowest BCUT2D eigenvalue weighted by Crippen LogP contribution is -2.38. The molecule has 1 aliphatic rings. The molecule has 7 heteroatoms. The highest BCUT2D eigenvalue weighted by Crippen LogP contribution is 2.16. The first kappa shape index (κ1) is 16.5. The number of anilines is 1. The smallest absolute Gasteiger partial charge is 0.275 e. The monoisotopic (exact) mass is 330 g/mol. The number of morpholine rings is 1. The van der Waals surface area contributed by atoms with Gasteiger partial charge in [0.15, 0.2) is 0 Å². The fraction of sp³-hybridized carbons (Fsp3) is 0.412. The Bertz CT molecular complexity index is 663. The lowest BCUT2D eigenvalue weighted by molar-refractivity contribution is 0.0322. The van der Waals surface area contributed by atoms with E-state index >= 15 is 0 Å². The van der Waals surface area contributed by atoms with Crippen LogP contribution in [0.4, 0.5) is 5.69 Å². The number of hydrogen-bond acceptors (Lipinski definition) is 5. The standard InChI is InChI=1S/C17H22N4O3/c1-20-12-16(18-13-20)17(22)19-14-2-4-15(5-3-14)24-11-8-21-6-9-23-10-7-21/h2-5,12-13H,6-11H2,1H3,(H,19,22). The van der Waals surface area contributed by atoms with E-state index in [1.165, 1.54) is 0 Å². The van der Waals surface area contributed by atoms with E-state index in [0.29, 0.717) is 18.0 Å². The third-order valence-corrected chi connectivity index (χ3v) is 3.83. The van der Waals surface area contributed by atoms with Gasteiger partial charge in [0.05, 0.1) is 19.5 Å². The molecule has 0 spiro atoms. The zero-order chi connectivity index (χ0) is 16.8. The Hall–Kier alpha value is -2.38.